The average Bonchev–Trinajstić information content (AvgIpc) is 2.91. The molecule has 1 amide bonds. The third kappa shape index (κ3) is 1.97. The van der Waals surface area contributed by atoms with Crippen molar-refractivity contribution in [3.05, 3.63) is 23.7 Å². The molecule has 1 aromatic rings. The molecule has 1 aliphatic carbocycles. The summed E-state index contributed by atoms with van der Waals surface area (Å²) >= 11 is 0. The molecule has 0 saturated heterocycles. The zero-order chi connectivity index (χ0) is 10.1. The molecule has 0 aliphatic heterocycles. The number of furan rings is 1. The predicted molar refractivity (Wildman–Crippen MR) is 52.6 cm³/mol. The Morgan fingerprint density at radius 1 is 1.57 bits per heavy atom. The van der Waals surface area contributed by atoms with E-state index >= 15 is 0 Å². The van der Waals surface area contributed by atoms with Crippen molar-refractivity contribution in [1.29, 1.82) is 0 Å². The Balaban J connectivity index is 1.93. The van der Waals surface area contributed by atoms with Crippen LogP contribution >= 0.6 is 0 Å². The molecule has 1 heterocycles. The van der Waals surface area contributed by atoms with Gasteiger partial charge in [-0.25, -0.2) is 0 Å². The first-order valence-electron chi connectivity index (χ1n) is 4.97. The topological polar surface area (TPSA) is 33.5 Å². The molecule has 2 rings (SSSR count). The van der Waals surface area contributed by atoms with Gasteiger partial charge >= 0.3 is 0 Å². The van der Waals surface area contributed by atoms with Crippen LogP contribution < -0.4 is 0 Å². The lowest BCUT2D eigenvalue weighted by Crippen LogP contribution is -2.27. The third-order valence-corrected chi connectivity index (χ3v) is 2.49. The zero-order valence-corrected chi connectivity index (χ0v) is 8.62. The van der Waals surface area contributed by atoms with Gasteiger partial charge in [-0.05, 0) is 31.9 Å². The molecule has 1 aromatic heterocycles. The molecular weight excluding hydrogens is 178 g/mol. The molecule has 0 aromatic carbocycles. The van der Waals surface area contributed by atoms with Gasteiger partial charge in [-0.1, -0.05) is 0 Å². The Morgan fingerprint density at radius 3 is 2.79 bits per heavy atom. The number of aryl methyl sites for hydroxylation is 1. The quantitative estimate of drug-likeness (QED) is 0.735. The van der Waals surface area contributed by atoms with Crippen LogP contribution in [-0.2, 0) is 11.3 Å². The van der Waals surface area contributed by atoms with Crippen molar-refractivity contribution >= 4 is 5.91 Å². The van der Waals surface area contributed by atoms with Crippen molar-refractivity contribution in [3.8, 4) is 0 Å². The van der Waals surface area contributed by atoms with Crippen LogP contribution in [0, 0.1) is 12.8 Å². The second-order valence-corrected chi connectivity index (χ2v) is 3.98. The fraction of sp³-hybridized carbons (Fsp3) is 0.545. The second kappa shape index (κ2) is 3.48. The van der Waals surface area contributed by atoms with E-state index in [1.54, 1.807) is 4.90 Å². The molecule has 0 bridgehead atoms. The number of carbonyl (C=O) groups is 1. The summed E-state index contributed by atoms with van der Waals surface area (Å²) < 4.78 is 5.41. The molecule has 76 valence electrons. The maximum atomic E-state index is 11.6. The van der Waals surface area contributed by atoms with Crippen molar-refractivity contribution in [1.82, 2.24) is 4.90 Å². The number of hydrogen-bond acceptors (Lipinski definition) is 2. The first kappa shape index (κ1) is 9.31. The molecule has 0 unspecified atom stereocenters. The SMILES string of the molecule is Cc1ccc(CN(C)C(=O)C2CC2)o1. The Labute approximate surface area is 83.7 Å². The van der Waals surface area contributed by atoms with Gasteiger partial charge in [-0.2, -0.15) is 0 Å². The minimum atomic E-state index is 0.249. The molecule has 0 spiro atoms. The highest BCUT2D eigenvalue weighted by molar-refractivity contribution is 5.80. The third-order valence-electron chi connectivity index (χ3n) is 2.49. The van der Waals surface area contributed by atoms with Crippen molar-refractivity contribution in [2.75, 3.05) is 7.05 Å². The summed E-state index contributed by atoms with van der Waals surface area (Å²) in [6.07, 6.45) is 2.11. The highest BCUT2D eigenvalue weighted by Gasteiger charge is 2.32. The molecule has 3 nitrogen and oxygen atoms in total. The Bertz CT molecular complexity index is 339. The Hall–Kier alpha value is -1.25. The van der Waals surface area contributed by atoms with Gasteiger partial charge in [0.15, 0.2) is 0 Å². The minimum absolute atomic E-state index is 0.249. The van der Waals surface area contributed by atoms with Crippen LogP contribution in [0.1, 0.15) is 24.4 Å². The fourth-order valence-electron chi connectivity index (χ4n) is 1.52. The van der Waals surface area contributed by atoms with Gasteiger partial charge in [-0.3, -0.25) is 4.79 Å². The number of nitrogens with zero attached hydrogens (tertiary/aromatic N) is 1. The predicted octanol–water partition coefficient (Wildman–Crippen LogP) is 1.96. The minimum Gasteiger partial charge on any atom is -0.464 e. The van der Waals surface area contributed by atoms with Crippen LogP contribution in [0.2, 0.25) is 0 Å². The molecule has 1 aliphatic rings. The van der Waals surface area contributed by atoms with Gasteiger partial charge in [0.2, 0.25) is 5.91 Å². The summed E-state index contributed by atoms with van der Waals surface area (Å²) in [5.41, 5.74) is 0. The number of carbonyl (C=O) groups excluding carboxylic acids is 1. The zero-order valence-electron chi connectivity index (χ0n) is 8.62. The summed E-state index contributed by atoms with van der Waals surface area (Å²) in [4.78, 5) is 13.3. The van der Waals surface area contributed by atoms with Gasteiger partial charge in [0.05, 0.1) is 6.54 Å². The van der Waals surface area contributed by atoms with Gasteiger partial charge in [0.1, 0.15) is 11.5 Å². The van der Waals surface area contributed by atoms with Crippen LogP contribution in [0.4, 0.5) is 0 Å². The molecule has 14 heavy (non-hydrogen) atoms. The summed E-state index contributed by atoms with van der Waals surface area (Å²) in [6.45, 7) is 2.50. The maximum Gasteiger partial charge on any atom is 0.225 e. The first-order valence-corrected chi connectivity index (χ1v) is 4.97. The summed E-state index contributed by atoms with van der Waals surface area (Å²) in [5.74, 6) is 2.29. The van der Waals surface area contributed by atoms with Crippen molar-refractivity contribution in [3.63, 3.8) is 0 Å². The van der Waals surface area contributed by atoms with E-state index in [4.69, 9.17) is 4.42 Å². The number of rotatable bonds is 3. The highest BCUT2D eigenvalue weighted by Crippen LogP contribution is 2.31. The van der Waals surface area contributed by atoms with Crippen molar-refractivity contribution < 1.29 is 9.21 Å². The van der Waals surface area contributed by atoms with Crippen LogP contribution in [0.3, 0.4) is 0 Å². The monoisotopic (exact) mass is 193 g/mol. The van der Waals surface area contributed by atoms with Crippen molar-refractivity contribution in [2.24, 2.45) is 5.92 Å². The van der Waals surface area contributed by atoms with E-state index in [1.165, 1.54) is 0 Å². The average molecular weight is 193 g/mol. The molecule has 1 fully saturated rings. The Kier molecular flexibility index (Phi) is 2.32. The van der Waals surface area contributed by atoms with Gasteiger partial charge < -0.3 is 9.32 Å². The van der Waals surface area contributed by atoms with Crippen molar-refractivity contribution in [2.45, 2.75) is 26.3 Å². The van der Waals surface area contributed by atoms with Crippen LogP contribution in [0.25, 0.3) is 0 Å². The van der Waals surface area contributed by atoms with E-state index in [0.29, 0.717) is 6.54 Å². The van der Waals surface area contributed by atoms with Crippen LogP contribution in [-0.4, -0.2) is 17.9 Å². The van der Waals surface area contributed by atoms with E-state index in [1.807, 2.05) is 26.1 Å². The molecule has 3 heteroatoms. The second-order valence-electron chi connectivity index (χ2n) is 3.98. The molecule has 0 N–H and O–H groups in total. The highest BCUT2D eigenvalue weighted by atomic mass is 16.3. The fourth-order valence-corrected chi connectivity index (χ4v) is 1.52. The lowest BCUT2D eigenvalue weighted by molar-refractivity contribution is -0.132. The summed E-state index contributed by atoms with van der Waals surface area (Å²) in [7, 11) is 1.83. The van der Waals surface area contributed by atoms with E-state index in [2.05, 4.69) is 0 Å². The van der Waals surface area contributed by atoms with Crippen LogP contribution in [0.15, 0.2) is 16.5 Å². The number of hydrogen-bond donors (Lipinski definition) is 0. The summed E-state index contributed by atoms with van der Waals surface area (Å²) in [5, 5.41) is 0. The standard InChI is InChI=1S/C11H15NO2/c1-8-3-6-10(14-8)7-12(2)11(13)9-4-5-9/h3,6,9H,4-5,7H2,1-2H3. The van der Waals surface area contributed by atoms with Gasteiger partial charge in [0.25, 0.3) is 0 Å². The molecule has 0 atom stereocenters. The first-order chi connectivity index (χ1) is 6.66. The van der Waals surface area contributed by atoms with Gasteiger partial charge in [-0.15, -0.1) is 0 Å². The molecular formula is C11H15NO2. The lowest BCUT2D eigenvalue weighted by Gasteiger charge is -2.14. The van der Waals surface area contributed by atoms with E-state index in [0.717, 1.165) is 24.4 Å². The molecule has 0 radical (unpaired) electrons. The summed E-state index contributed by atoms with van der Waals surface area (Å²) in [6, 6.07) is 3.84. The normalized spacial score (nSPS) is 15.6. The molecule has 1 saturated carbocycles. The lowest BCUT2D eigenvalue weighted by atomic mass is 10.3. The Morgan fingerprint density at radius 2 is 2.29 bits per heavy atom. The maximum absolute atomic E-state index is 11.6. The van der Waals surface area contributed by atoms with Crippen LogP contribution in [0.5, 0.6) is 0 Å². The van der Waals surface area contributed by atoms with E-state index in [9.17, 15) is 4.79 Å². The van der Waals surface area contributed by atoms with Gasteiger partial charge in [0, 0.05) is 13.0 Å². The van der Waals surface area contributed by atoms with E-state index < -0.39 is 0 Å². The van der Waals surface area contributed by atoms with E-state index in [-0.39, 0.29) is 11.8 Å². The number of amides is 1. The smallest absolute Gasteiger partial charge is 0.225 e. The largest absolute Gasteiger partial charge is 0.464 e.